The second-order valence-corrected chi connectivity index (χ2v) is 21.7. The van der Waals surface area contributed by atoms with Crippen molar-refractivity contribution < 1.29 is 29.4 Å². The van der Waals surface area contributed by atoms with Crippen LogP contribution < -0.4 is 16.2 Å². The first kappa shape index (κ1) is 47.3. The maximum Gasteiger partial charge on any atom is 0.238 e. The average Bonchev–Trinajstić information content (AvgIpc) is 3.01. The zero-order chi connectivity index (χ0) is 43.7. The molecule has 0 atom stereocenters. The summed E-state index contributed by atoms with van der Waals surface area (Å²) in [5.41, 5.74) is 8.11. The van der Waals surface area contributed by atoms with Crippen molar-refractivity contribution in [2.24, 2.45) is 0 Å². The van der Waals surface area contributed by atoms with Crippen LogP contribution in [0.3, 0.4) is 0 Å². The molecule has 10 heteroatoms. The van der Waals surface area contributed by atoms with Crippen LogP contribution in [0.4, 0.5) is 0 Å². The number of likely N-dealkylation sites (tertiary alicyclic amines) is 1. The number of nitrogens with one attached hydrogen (secondary N) is 3. The molecule has 0 saturated carbocycles. The van der Waals surface area contributed by atoms with Crippen molar-refractivity contribution in [2.75, 3.05) is 0 Å². The predicted octanol–water partition coefficient (Wildman–Crippen LogP) is 8.45. The Kier molecular flexibility index (Phi) is 14.1. The zero-order valence-corrected chi connectivity index (χ0v) is 38.0. The molecule has 0 unspecified atom stereocenters. The molecule has 1 fully saturated rings. The fourth-order valence-electron chi connectivity index (χ4n) is 8.43. The van der Waals surface area contributed by atoms with Gasteiger partial charge in [-0.1, -0.05) is 107 Å². The summed E-state index contributed by atoms with van der Waals surface area (Å²) in [7, 11) is 0. The molecule has 10 nitrogen and oxygen atoms in total. The van der Waals surface area contributed by atoms with Crippen molar-refractivity contribution >= 4 is 23.6 Å². The molecule has 2 aromatic carbocycles. The number of phenolic OH excluding ortho intramolecular Hbond substituents is 2. The van der Waals surface area contributed by atoms with Gasteiger partial charge in [-0.2, -0.15) is 0 Å². The van der Waals surface area contributed by atoms with Gasteiger partial charge in [-0.05, 0) is 108 Å². The van der Waals surface area contributed by atoms with Crippen LogP contribution in [-0.2, 0) is 53.7 Å². The van der Waals surface area contributed by atoms with Gasteiger partial charge in [-0.3, -0.25) is 30.0 Å². The van der Waals surface area contributed by atoms with Crippen molar-refractivity contribution in [3.05, 3.63) is 57.6 Å². The van der Waals surface area contributed by atoms with Gasteiger partial charge in [-0.15, -0.1) is 0 Å². The summed E-state index contributed by atoms with van der Waals surface area (Å²) >= 11 is 0. The van der Waals surface area contributed by atoms with Crippen molar-refractivity contribution in [1.29, 1.82) is 0 Å². The smallest absolute Gasteiger partial charge is 0.238 e. The van der Waals surface area contributed by atoms with Gasteiger partial charge < -0.3 is 20.4 Å². The minimum Gasteiger partial charge on any atom is -0.507 e. The Labute approximate surface area is 343 Å². The van der Waals surface area contributed by atoms with Gasteiger partial charge in [0.15, 0.2) is 0 Å². The van der Waals surface area contributed by atoms with Gasteiger partial charge >= 0.3 is 0 Å². The molecule has 0 aliphatic carbocycles. The zero-order valence-electron chi connectivity index (χ0n) is 38.0. The number of phenols is 2. The van der Waals surface area contributed by atoms with E-state index in [-0.39, 0.29) is 70.4 Å². The van der Waals surface area contributed by atoms with Gasteiger partial charge in [0.1, 0.15) is 11.5 Å². The molecule has 57 heavy (non-hydrogen) atoms. The first-order valence-electron chi connectivity index (χ1n) is 20.7. The van der Waals surface area contributed by atoms with Crippen LogP contribution in [0.1, 0.15) is 183 Å². The predicted molar refractivity (Wildman–Crippen MR) is 229 cm³/mol. The molecular formula is C47H74N4O6. The number of hydrazine groups is 1. The molecule has 0 radical (unpaired) electrons. The van der Waals surface area contributed by atoms with E-state index in [1.54, 1.807) is 0 Å². The van der Waals surface area contributed by atoms with Gasteiger partial charge in [0.05, 0.1) is 0 Å². The number of amides is 4. The quantitative estimate of drug-likeness (QED) is 0.153. The number of aromatic hydroxyl groups is 2. The Hall–Kier alpha value is -4.08. The van der Waals surface area contributed by atoms with E-state index in [9.17, 15) is 29.4 Å². The molecule has 1 aliphatic heterocycles. The van der Waals surface area contributed by atoms with Gasteiger partial charge in [0, 0.05) is 42.8 Å². The number of aryl methyl sites for hydroxylation is 2. The lowest BCUT2D eigenvalue weighted by Crippen LogP contribution is -2.66. The SMILES string of the molecule is CC(C)(C)c1cc(CCC(=O)NNC(=O)CCC(=O)NC2CC(C)(C)N(C(=O)CCc3cc(C(C)(C)C)c(O)c(C(C)(C)C)c3)C(C)(C)C2)cc(C(C)(C)C)c1O. The van der Waals surface area contributed by atoms with Gasteiger partial charge in [0.25, 0.3) is 0 Å². The highest BCUT2D eigenvalue weighted by molar-refractivity contribution is 5.86. The average molecular weight is 791 g/mol. The second kappa shape index (κ2) is 17.0. The summed E-state index contributed by atoms with van der Waals surface area (Å²) in [4.78, 5) is 54.3. The number of carbonyl (C=O) groups is 4. The standard InChI is InChI=1S/C47H74N4O6/c1-42(2,3)32-23-29(24-33(40(32)56)43(4,5)6)17-19-37(53)49-50-38(54)21-20-36(52)48-31-27-46(13,14)51(47(15,16)28-31)39(55)22-18-30-25-34(44(7,8)9)41(57)35(26-30)45(10,11)12/h23-26,31,56-57H,17-22,27-28H2,1-16H3,(H,48,52)(H,49,53)(H,50,54). The van der Waals surface area contributed by atoms with E-state index in [2.05, 4.69) is 57.7 Å². The van der Waals surface area contributed by atoms with E-state index in [0.717, 1.165) is 33.4 Å². The largest absolute Gasteiger partial charge is 0.507 e. The number of piperidine rings is 1. The van der Waals surface area contributed by atoms with E-state index in [1.165, 1.54) is 0 Å². The summed E-state index contributed by atoms with van der Waals surface area (Å²) < 4.78 is 0. The van der Waals surface area contributed by atoms with E-state index in [4.69, 9.17) is 0 Å². The molecular weight excluding hydrogens is 717 g/mol. The van der Waals surface area contributed by atoms with Crippen LogP contribution in [0.15, 0.2) is 24.3 Å². The lowest BCUT2D eigenvalue weighted by molar-refractivity contribution is -0.150. The van der Waals surface area contributed by atoms with Gasteiger partial charge in [-0.25, -0.2) is 0 Å². The number of hydrogen-bond donors (Lipinski definition) is 5. The van der Waals surface area contributed by atoms with Crippen LogP contribution >= 0.6 is 0 Å². The minimum absolute atomic E-state index is 0.0416. The Morgan fingerprint density at radius 1 is 0.561 bits per heavy atom. The maximum absolute atomic E-state index is 14.0. The number of hydrogen-bond acceptors (Lipinski definition) is 6. The molecule has 1 saturated heterocycles. The van der Waals surface area contributed by atoms with Crippen LogP contribution in [0.25, 0.3) is 0 Å². The normalized spacial score (nSPS) is 16.2. The van der Waals surface area contributed by atoms with E-state index in [1.807, 2.05) is 98.4 Å². The summed E-state index contributed by atoms with van der Waals surface area (Å²) in [6.45, 7) is 32.9. The third-order valence-electron chi connectivity index (χ3n) is 11.1. The first-order valence-corrected chi connectivity index (χ1v) is 20.7. The second-order valence-electron chi connectivity index (χ2n) is 21.7. The lowest BCUT2D eigenvalue weighted by Gasteiger charge is -2.55. The molecule has 1 heterocycles. The maximum atomic E-state index is 14.0. The summed E-state index contributed by atoms with van der Waals surface area (Å²) in [5.74, 6) is -0.424. The fraction of sp³-hybridized carbons (Fsp3) is 0.660. The lowest BCUT2D eigenvalue weighted by atomic mass is 9.76. The third kappa shape index (κ3) is 12.5. The van der Waals surface area contributed by atoms with Crippen LogP contribution in [0, 0.1) is 0 Å². The van der Waals surface area contributed by atoms with E-state index >= 15 is 0 Å². The Morgan fingerprint density at radius 2 is 0.877 bits per heavy atom. The van der Waals surface area contributed by atoms with Crippen molar-refractivity contribution in [3.8, 4) is 11.5 Å². The highest BCUT2D eigenvalue weighted by atomic mass is 16.3. The van der Waals surface area contributed by atoms with Crippen molar-refractivity contribution in [1.82, 2.24) is 21.1 Å². The molecule has 2 aromatic rings. The van der Waals surface area contributed by atoms with Crippen LogP contribution in [-0.4, -0.2) is 55.9 Å². The number of nitrogens with zero attached hydrogens (tertiary/aromatic N) is 1. The first-order chi connectivity index (χ1) is 25.7. The van der Waals surface area contributed by atoms with Crippen molar-refractivity contribution in [3.63, 3.8) is 0 Å². The molecule has 0 spiro atoms. The summed E-state index contributed by atoms with van der Waals surface area (Å²) in [6, 6.07) is 7.78. The minimum atomic E-state index is -0.538. The number of benzene rings is 2. The third-order valence-corrected chi connectivity index (χ3v) is 11.1. The van der Waals surface area contributed by atoms with E-state index in [0.29, 0.717) is 37.9 Å². The molecule has 3 rings (SSSR count). The highest BCUT2D eigenvalue weighted by Gasteiger charge is 2.47. The highest BCUT2D eigenvalue weighted by Crippen LogP contribution is 2.43. The van der Waals surface area contributed by atoms with Crippen molar-refractivity contribution in [2.45, 2.75) is 201 Å². The topological polar surface area (TPSA) is 148 Å². The summed E-state index contributed by atoms with van der Waals surface area (Å²) in [6.07, 6.45) is 2.43. The monoisotopic (exact) mass is 791 g/mol. The molecule has 318 valence electrons. The van der Waals surface area contributed by atoms with Gasteiger partial charge in [0.2, 0.25) is 23.6 Å². The number of rotatable bonds is 10. The molecule has 1 aliphatic rings. The molecule has 5 N–H and O–H groups in total. The number of carbonyl (C=O) groups excluding carboxylic acids is 4. The van der Waals surface area contributed by atoms with E-state index < -0.39 is 17.0 Å². The fourth-order valence-corrected chi connectivity index (χ4v) is 8.43. The van der Waals surface area contributed by atoms with Crippen LogP contribution in [0.2, 0.25) is 0 Å². The summed E-state index contributed by atoms with van der Waals surface area (Å²) in [5, 5.41) is 25.3. The molecule has 0 bridgehead atoms. The van der Waals surface area contributed by atoms with Crippen LogP contribution in [0.5, 0.6) is 11.5 Å². The Morgan fingerprint density at radius 3 is 1.23 bits per heavy atom. The Bertz CT molecular complexity index is 1730. The molecule has 0 aromatic heterocycles. The molecule has 4 amide bonds. The Balaban J connectivity index is 1.54.